The number of aryl methyl sites for hydroxylation is 1. The van der Waals surface area contributed by atoms with Crippen LogP contribution in [-0.4, -0.2) is 22.2 Å². The van der Waals surface area contributed by atoms with Crippen LogP contribution in [0.3, 0.4) is 0 Å². The first-order valence-electron chi connectivity index (χ1n) is 7.69. The summed E-state index contributed by atoms with van der Waals surface area (Å²) in [6, 6.07) is 7.60. The summed E-state index contributed by atoms with van der Waals surface area (Å²) in [4.78, 5) is 26.4. The van der Waals surface area contributed by atoms with E-state index in [-0.39, 0.29) is 18.9 Å². The van der Waals surface area contributed by atoms with Crippen molar-refractivity contribution in [3.63, 3.8) is 0 Å². The third-order valence-corrected chi connectivity index (χ3v) is 4.81. The van der Waals surface area contributed by atoms with Crippen LogP contribution in [0.4, 0.5) is 4.39 Å². The molecular formula is C18H16FNO4S. The minimum absolute atomic E-state index is 0.0831. The minimum Gasteiger partial charge on any atom is -0.506 e. The first-order chi connectivity index (χ1) is 11.9. The van der Waals surface area contributed by atoms with Crippen molar-refractivity contribution in [3.05, 3.63) is 62.5 Å². The van der Waals surface area contributed by atoms with Gasteiger partial charge in [0, 0.05) is 4.88 Å². The lowest BCUT2D eigenvalue weighted by molar-refractivity contribution is 0.0520. The summed E-state index contributed by atoms with van der Waals surface area (Å²) in [5.74, 6) is -1.66. The number of pyridine rings is 1. The predicted molar refractivity (Wildman–Crippen MR) is 93.9 cm³/mol. The van der Waals surface area contributed by atoms with Crippen LogP contribution in [0.25, 0.3) is 10.2 Å². The van der Waals surface area contributed by atoms with E-state index in [0.717, 1.165) is 4.88 Å². The minimum atomic E-state index is -0.872. The number of carbonyl (C=O) groups is 1. The smallest absolute Gasteiger partial charge is 0.347 e. The van der Waals surface area contributed by atoms with E-state index in [9.17, 15) is 19.1 Å². The molecule has 3 rings (SSSR count). The van der Waals surface area contributed by atoms with Crippen LogP contribution in [0.1, 0.15) is 27.7 Å². The van der Waals surface area contributed by atoms with Gasteiger partial charge in [-0.2, -0.15) is 0 Å². The van der Waals surface area contributed by atoms with Gasteiger partial charge in [0.15, 0.2) is 5.56 Å². The molecule has 0 unspecified atom stereocenters. The summed E-state index contributed by atoms with van der Waals surface area (Å²) >= 11 is 1.32. The van der Waals surface area contributed by atoms with Crippen LogP contribution in [0, 0.1) is 12.7 Å². The first-order valence-corrected chi connectivity index (χ1v) is 8.51. The Balaban J connectivity index is 2.26. The summed E-state index contributed by atoms with van der Waals surface area (Å²) in [5.41, 5.74) is -0.479. The molecule has 130 valence electrons. The van der Waals surface area contributed by atoms with Crippen molar-refractivity contribution < 1.29 is 19.0 Å². The topological polar surface area (TPSA) is 68.5 Å². The highest BCUT2D eigenvalue weighted by Gasteiger charge is 2.24. The van der Waals surface area contributed by atoms with Gasteiger partial charge in [-0.25, -0.2) is 9.18 Å². The van der Waals surface area contributed by atoms with Crippen LogP contribution in [0.15, 0.2) is 35.1 Å². The van der Waals surface area contributed by atoms with Gasteiger partial charge < -0.3 is 9.84 Å². The Kier molecular flexibility index (Phi) is 4.59. The number of aromatic nitrogens is 1. The molecule has 0 aliphatic rings. The number of aromatic hydroxyl groups is 1. The number of ether oxygens (including phenoxy) is 1. The molecule has 25 heavy (non-hydrogen) atoms. The normalized spacial score (nSPS) is 11.0. The van der Waals surface area contributed by atoms with E-state index in [2.05, 4.69) is 0 Å². The molecule has 0 amide bonds. The van der Waals surface area contributed by atoms with Gasteiger partial charge in [-0.3, -0.25) is 9.36 Å². The molecule has 0 aliphatic heterocycles. The van der Waals surface area contributed by atoms with Crippen LogP contribution in [0.5, 0.6) is 5.75 Å². The van der Waals surface area contributed by atoms with Crippen LogP contribution >= 0.6 is 11.3 Å². The van der Waals surface area contributed by atoms with E-state index in [4.69, 9.17) is 4.74 Å². The number of hydrogen-bond donors (Lipinski definition) is 1. The molecule has 0 bridgehead atoms. The van der Waals surface area contributed by atoms with Gasteiger partial charge in [0.1, 0.15) is 16.4 Å². The average Bonchev–Trinajstić information content (AvgIpc) is 2.94. The molecule has 5 nitrogen and oxygen atoms in total. The average molecular weight is 361 g/mol. The number of carbonyl (C=O) groups excluding carboxylic acids is 1. The van der Waals surface area contributed by atoms with Crippen LogP contribution < -0.4 is 5.56 Å². The summed E-state index contributed by atoms with van der Waals surface area (Å²) in [7, 11) is 0. The van der Waals surface area contributed by atoms with E-state index in [0.29, 0.717) is 15.8 Å². The largest absolute Gasteiger partial charge is 0.506 e. The number of benzene rings is 1. The molecule has 0 aliphatic carbocycles. The standard InChI is InChI=1S/C18H16FNO4S/c1-3-24-18(23)14-15(21)13-7-10(2)25-17(13)20(16(14)22)9-11-5-4-6-12(19)8-11/h4-8,21H,3,9H2,1-2H3. The van der Waals surface area contributed by atoms with Crippen LogP contribution in [-0.2, 0) is 11.3 Å². The Morgan fingerprint density at radius 1 is 1.36 bits per heavy atom. The molecule has 2 aromatic heterocycles. The maximum atomic E-state index is 13.5. The second-order valence-electron chi connectivity index (χ2n) is 5.54. The molecule has 0 radical (unpaired) electrons. The Morgan fingerprint density at radius 3 is 2.80 bits per heavy atom. The predicted octanol–water partition coefficient (Wildman–Crippen LogP) is 3.44. The molecule has 0 saturated carbocycles. The highest BCUT2D eigenvalue weighted by atomic mass is 32.1. The molecule has 1 N–H and O–H groups in total. The first kappa shape index (κ1) is 17.2. The lowest BCUT2D eigenvalue weighted by Gasteiger charge is -2.12. The van der Waals surface area contributed by atoms with E-state index in [1.54, 1.807) is 25.1 Å². The van der Waals surface area contributed by atoms with Crippen molar-refractivity contribution in [1.29, 1.82) is 0 Å². The summed E-state index contributed by atoms with van der Waals surface area (Å²) < 4.78 is 19.7. The zero-order chi connectivity index (χ0) is 18.1. The highest BCUT2D eigenvalue weighted by Crippen LogP contribution is 2.33. The third-order valence-electron chi connectivity index (χ3n) is 3.74. The van der Waals surface area contributed by atoms with Gasteiger partial charge in [0.25, 0.3) is 5.56 Å². The Labute approximate surface area is 146 Å². The number of esters is 1. The van der Waals surface area contributed by atoms with Gasteiger partial charge in [0.05, 0.1) is 18.5 Å². The molecule has 0 spiro atoms. The van der Waals surface area contributed by atoms with E-state index < -0.39 is 22.9 Å². The van der Waals surface area contributed by atoms with E-state index in [1.165, 1.54) is 28.0 Å². The van der Waals surface area contributed by atoms with Gasteiger partial charge in [-0.15, -0.1) is 11.3 Å². The summed E-state index contributed by atoms with van der Waals surface area (Å²) in [6.45, 7) is 3.63. The monoisotopic (exact) mass is 361 g/mol. The van der Waals surface area contributed by atoms with Crippen molar-refractivity contribution in [2.24, 2.45) is 0 Å². The number of halogens is 1. The number of fused-ring (bicyclic) bond motifs is 1. The molecule has 7 heteroatoms. The summed E-state index contributed by atoms with van der Waals surface area (Å²) in [5, 5.41) is 10.8. The molecule has 2 heterocycles. The van der Waals surface area contributed by atoms with Crippen molar-refractivity contribution in [1.82, 2.24) is 4.57 Å². The van der Waals surface area contributed by atoms with Crippen molar-refractivity contribution >= 4 is 27.5 Å². The molecule has 3 aromatic rings. The third kappa shape index (κ3) is 3.15. The summed E-state index contributed by atoms with van der Waals surface area (Å²) in [6.07, 6.45) is 0. The number of nitrogens with zero attached hydrogens (tertiary/aromatic N) is 1. The quantitative estimate of drug-likeness (QED) is 0.723. The second-order valence-corrected chi connectivity index (χ2v) is 6.78. The fourth-order valence-corrected chi connectivity index (χ4v) is 3.69. The maximum absolute atomic E-state index is 13.5. The van der Waals surface area contributed by atoms with Gasteiger partial charge >= 0.3 is 5.97 Å². The van der Waals surface area contributed by atoms with Crippen molar-refractivity contribution in [2.45, 2.75) is 20.4 Å². The Bertz CT molecular complexity index is 1020. The van der Waals surface area contributed by atoms with Crippen molar-refractivity contribution in [2.75, 3.05) is 6.61 Å². The fourth-order valence-electron chi connectivity index (χ4n) is 2.68. The highest BCUT2D eigenvalue weighted by molar-refractivity contribution is 7.18. The lowest BCUT2D eigenvalue weighted by Crippen LogP contribution is -2.28. The lowest BCUT2D eigenvalue weighted by atomic mass is 10.1. The molecule has 0 atom stereocenters. The van der Waals surface area contributed by atoms with Gasteiger partial charge in [0.2, 0.25) is 0 Å². The number of rotatable bonds is 4. The van der Waals surface area contributed by atoms with E-state index in [1.807, 2.05) is 6.92 Å². The molecule has 0 fully saturated rings. The second kappa shape index (κ2) is 6.68. The zero-order valence-electron chi connectivity index (χ0n) is 13.7. The van der Waals surface area contributed by atoms with Gasteiger partial charge in [-0.05, 0) is 37.6 Å². The Morgan fingerprint density at radius 2 is 2.12 bits per heavy atom. The van der Waals surface area contributed by atoms with Crippen LogP contribution in [0.2, 0.25) is 0 Å². The van der Waals surface area contributed by atoms with E-state index >= 15 is 0 Å². The molecular weight excluding hydrogens is 345 g/mol. The Hall–Kier alpha value is -2.67. The number of hydrogen-bond acceptors (Lipinski definition) is 5. The zero-order valence-corrected chi connectivity index (χ0v) is 14.5. The van der Waals surface area contributed by atoms with Gasteiger partial charge in [-0.1, -0.05) is 12.1 Å². The van der Waals surface area contributed by atoms with Crippen molar-refractivity contribution in [3.8, 4) is 5.75 Å². The fraction of sp³-hybridized carbons (Fsp3) is 0.222. The molecule has 1 aromatic carbocycles. The SMILES string of the molecule is CCOC(=O)c1c(O)c2cc(C)sc2n(Cc2cccc(F)c2)c1=O. The number of thiophene rings is 1. The molecule has 0 saturated heterocycles. The maximum Gasteiger partial charge on any atom is 0.347 e.